The molecule has 0 unspecified atom stereocenters. The number of piperidine rings is 1. The third-order valence-corrected chi connectivity index (χ3v) is 3.06. The van der Waals surface area contributed by atoms with E-state index >= 15 is 0 Å². The predicted molar refractivity (Wildman–Crippen MR) is 51.5 cm³/mol. The first-order valence-corrected chi connectivity index (χ1v) is 5.04. The topological polar surface area (TPSA) is 40.5 Å². The second kappa shape index (κ2) is 4.72. The van der Waals surface area contributed by atoms with Gasteiger partial charge in [0.05, 0.1) is 0 Å². The molecule has 13 heavy (non-hydrogen) atoms. The Morgan fingerprint density at radius 2 is 2.23 bits per heavy atom. The largest absolute Gasteiger partial charge is 0.396 e. The lowest BCUT2D eigenvalue weighted by Gasteiger charge is -2.36. The number of likely N-dealkylation sites (tertiary alicyclic amines) is 1. The quantitative estimate of drug-likeness (QED) is 0.702. The summed E-state index contributed by atoms with van der Waals surface area (Å²) in [5, 5.41) is 8.71. The van der Waals surface area contributed by atoms with Crippen molar-refractivity contribution in [2.75, 3.05) is 19.7 Å². The van der Waals surface area contributed by atoms with Gasteiger partial charge in [-0.25, -0.2) is 0 Å². The Labute approximate surface area is 79.7 Å². The molecule has 0 bridgehead atoms. The van der Waals surface area contributed by atoms with E-state index in [0.29, 0.717) is 18.2 Å². The standard InChI is InChI=1S/C10H19NO2/c1-8-9(2)11(5-3-7-12)6-4-10(8)13/h8-9,12H,3-7H2,1-2H3/t8-,9-/m1/s1. The van der Waals surface area contributed by atoms with Gasteiger partial charge in [-0.15, -0.1) is 0 Å². The number of rotatable bonds is 3. The third kappa shape index (κ3) is 2.51. The van der Waals surface area contributed by atoms with Crippen molar-refractivity contribution in [2.24, 2.45) is 5.92 Å². The first-order chi connectivity index (χ1) is 6.16. The average molecular weight is 185 g/mol. The van der Waals surface area contributed by atoms with Crippen LogP contribution in [0.3, 0.4) is 0 Å². The minimum atomic E-state index is 0.160. The summed E-state index contributed by atoms with van der Waals surface area (Å²) < 4.78 is 0. The fourth-order valence-electron chi connectivity index (χ4n) is 1.86. The third-order valence-electron chi connectivity index (χ3n) is 3.06. The minimum absolute atomic E-state index is 0.160. The molecular weight excluding hydrogens is 166 g/mol. The molecule has 0 aromatic heterocycles. The highest BCUT2D eigenvalue weighted by molar-refractivity contribution is 5.82. The monoisotopic (exact) mass is 185 g/mol. The molecule has 0 amide bonds. The lowest BCUT2D eigenvalue weighted by Crippen LogP contribution is -2.47. The van der Waals surface area contributed by atoms with Crippen LogP contribution in [0, 0.1) is 5.92 Å². The summed E-state index contributed by atoms with van der Waals surface area (Å²) in [6.45, 7) is 6.11. The maximum absolute atomic E-state index is 11.3. The van der Waals surface area contributed by atoms with Crippen LogP contribution in [-0.2, 0) is 4.79 Å². The van der Waals surface area contributed by atoms with Gasteiger partial charge in [-0.05, 0) is 13.3 Å². The highest BCUT2D eigenvalue weighted by atomic mass is 16.3. The van der Waals surface area contributed by atoms with E-state index in [2.05, 4.69) is 11.8 Å². The maximum atomic E-state index is 11.3. The lowest BCUT2D eigenvalue weighted by molar-refractivity contribution is -0.127. The van der Waals surface area contributed by atoms with Gasteiger partial charge in [0.15, 0.2) is 0 Å². The second-order valence-electron chi connectivity index (χ2n) is 3.86. The van der Waals surface area contributed by atoms with Gasteiger partial charge in [0.2, 0.25) is 0 Å². The molecule has 0 aliphatic carbocycles. The van der Waals surface area contributed by atoms with Crippen molar-refractivity contribution in [3.8, 4) is 0 Å². The molecule has 1 fully saturated rings. The number of hydrogen-bond donors (Lipinski definition) is 1. The Morgan fingerprint density at radius 3 is 2.85 bits per heavy atom. The zero-order valence-corrected chi connectivity index (χ0v) is 8.49. The van der Waals surface area contributed by atoms with Crippen LogP contribution >= 0.6 is 0 Å². The van der Waals surface area contributed by atoms with E-state index < -0.39 is 0 Å². The van der Waals surface area contributed by atoms with Gasteiger partial charge in [-0.3, -0.25) is 9.69 Å². The normalized spacial score (nSPS) is 30.8. The first kappa shape index (κ1) is 10.7. The lowest BCUT2D eigenvalue weighted by atomic mass is 9.90. The zero-order chi connectivity index (χ0) is 9.84. The van der Waals surface area contributed by atoms with Gasteiger partial charge >= 0.3 is 0 Å². The highest BCUT2D eigenvalue weighted by Gasteiger charge is 2.29. The number of nitrogens with zero attached hydrogens (tertiary/aromatic N) is 1. The van der Waals surface area contributed by atoms with Crippen molar-refractivity contribution in [3.63, 3.8) is 0 Å². The highest BCUT2D eigenvalue weighted by Crippen LogP contribution is 2.19. The number of Topliss-reactive ketones (excluding diaryl/α,β-unsaturated/α-hetero) is 1. The summed E-state index contributed by atoms with van der Waals surface area (Å²) in [7, 11) is 0. The zero-order valence-electron chi connectivity index (χ0n) is 8.49. The number of carbonyl (C=O) groups excluding carboxylic acids is 1. The van der Waals surface area contributed by atoms with Gasteiger partial charge in [-0.2, -0.15) is 0 Å². The summed E-state index contributed by atoms with van der Waals surface area (Å²) in [6.07, 6.45) is 1.49. The van der Waals surface area contributed by atoms with Crippen molar-refractivity contribution in [3.05, 3.63) is 0 Å². The predicted octanol–water partition coefficient (Wildman–Crippen LogP) is 0.668. The molecule has 0 radical (unpaired) electrons. The molecule has 1 rings (SSSR count). The molecule has 0 aromatic rings. The van der Waals surface area contributed by atoms with Gasteiger partial charge in [0, 0.05) is 38.1 Å². The Bertz CT molecular complexity index is 182. The van der Waals surface area contributed by atoms with Gasteiger partial charge in [0.1, 0.15) is 5.78 Å². The van der Waals surface area contributed by atoms with Crippen LogP contribution in [0.25, 0.3) is 0 Å². The summed E-state index contributed by atoms with van der Waals surface area (Å²) >= 11 is 0. The molecule has 76 valence electrons. The summed E-state index contributed by atoms with van der Waals surface area (Å²) in [5.41, 5.74) is 0. The van der Waals surface area contributed by atoms with E-state index in [9.17, 15) is 4.79 Å². The molecule has 1 aliphatic heterocycles. The number of ketones is 1. The molecule has 1 saturated heterocycles. The molecule has 2 atom stereocenters. The molecule has 1 heterocycles. The number of carbonyl (C=O) groups is 1. The van der Waals surface area contributed by atoms with E-state index in [1.54, 1.807) is 0 Å². The second-order valence-corrected chi connectivity index (χ2v) is 3.86. The van der Waals surface area contributed by atoms with Crippen LogP contribution < -0.4 is 0 Å². The maximum Gasteiger partial charge on any atom is 0.138 e. The Balaban J connectivity index is 2.44. The number of aliphatic hydroxyl groups is 1. The molecule has 3 heteroatoms. The molecule has 0 aromatic carbocycles. The Morgan fingerprint density at radius 1 is 1.54 bits per heavy atom. The van der Waals surface area contributed by atoms with Crippen LogP contribution in [0.1, 0.15) is 26.7 Å². The van der Waals surface area contributed by atoms with Gasteiger partial charge < -0.3 is 5.11 Å². The van der Waals surface area contributed by atoms with E-state index in [-0.39, 0.29) is 12.5 Å². The molecular formula is C10H19NO2. The fraction of sp³-hybridized carbons (Fsp3) is 0.900. The molecule has 0 spiro atoms. The van der Waals surface area contributed by atoms with Crippen LogP contribution in [0.15, 0.2) is 0 Å². The van der Waals surface area contributed by atoms with E-state index in [1.165, 1.54) is 0 Å². The summed E-state index contributed by atoms with van der Waals surface area (Å²) in [6, 6.07) is 0.341. The van der Waals surface area contributed by atoms with E-state index in [1.807, 2.05) is 6.92 Å². The molecule has 0 saturated carbocycles. The Hall–Kier alpha value is -0.410. The summed E-state index contributed by atoms with van der Waals surface area (Å²) in [4.78, 5) is 13.6. The van der Waals surface area contributed by atoms with Crippen LogP contribution in [-0.4, -0.2) is 41.5 Å². The van der Waals surface area contributed by atoms with Crippen molar-refractivity contribution in [2.45, 2.75) is 32.7 Å². The molecule has 3 nitrogen and oxygen atoms in total. The van der Waals surface area contributed by atoms with Gasteiger partial charge in [0.25, 0.3) is 0 Å². The van der Waals surface area contributed by atoms with Crippen molar-refractivity contribution >= 4 is 5.78 Å². The average Bonchev–Trinajstić information content (AvgIpc) is 2.13. The minimum Gasteiger partial charge on any atom is -0.396 e. The van der Waals surface area contributed by atoms with Crippen LogP contribution in [0.5, 0.6) is 0 Å². The smallest absolute Gasteiger partial charge is 0.138 e. The van der Waals surface area contributed by atoms with Crippen molar-refractivity contribution in [1.29, 1.82) is 0 Å². The SMILES string of the molecule is C[C@@H]1[C@@H](C)C(=O)CCN1CCCO. The molecule has 1 aliphatic rings. The van der Waals surface area contributed by atoms with E-state index in [0.717, 1.165) is 19.5 Å². The number of hydrogen-bond acceptors (Lipinski definition) is 3. The van der Waals surface area contributed by atoms with Crippen LogP contribution in [0.4, 0.5) is 0 Å². The fourth-order valence-corrected chi connectivity index (χ4v) is 1.86. The van der Waals surface area contributed by atoms with Crippen molar-refractivity contribution < 1.29 is 9.90 Å². The number of aliphatic hydroxyl groups excluding tert-OH is 1. The first-order valence-electron chi connectivity index (χ1n) is 5.04. The Kier molecular flexibility index (Phi) is 3.88. The van der Waals surface area contributed by atoms with E-state index in [4.69, 9.17) is 5.11 Å². The van der Waals surface area contributed by atoms with Gasteiger partial charge in [-0.1, -0.05) is 6.92 Å². The van der Waals surface area contributed by atoms with Crippen LogP contribution in [0.2, 0.25) is 0 Å². The van der Waals surface area contributed by atoms with Crippen molar-refractivity contribution in [1.82, 2.24) is 4.90 Å². The summed E-state index contributed by atoms with van der Waals surface area (Å²) in [5.74, 6) is 0.542. The molecule has 1 N–H and O–H groups in total.